The van der Waals surface area contributed by atoms with Crippen LogP contribution in [0.3, 0.4) is 0 Å². The lowest BCUT2D eigenvalue weighted by atomic mass is 10.2. The second-order valence-electron chi connectivity index (χ2n) is 8.29. The maximum absolute atomic E-state index is 12.5. The molecular formula is C25H25ClN4O3S. The number of carbonyl (C=O) groups is 1. The van der Waals surface area contributed by atoms with E-state index in [2.05, 4.69) is 20.9 Å². The summed E-state index contributed by atoms with van der Waals surface area (Å²) in [6.45, 7) is 3.02. The average molecular weight is 497 g/mol. The van der Waals surface area contributed by atoms with E-state index in [1.165, 1.54) is 30.6 Å². The van der Waals surface area contributed by atoms with Gasteiger partial charge in [0.15, 0.2) is 0 Å². The third-order valence-corrected chi connectivity index (χ3v) is 7.29. The van der Waals surface area contributed by atoms with E-state index in [1.54, 1.807) is 19.2 Å². The second kappa shape index (κ2) is 9.64. The molecule has 4 aromatic rings. The summed E-state index contributed by atoms with van der Waals surface area (Å²) in [5.74, 6) is 1.78. The number of methoxy groups -OCH3 is 1. The lowest BCUT2D eigenvalue weighted by Crippen LogP contribution is -2.13. The molecule has 34 heavy (non-hydrogen) atoms. The first-order valence-electron chi connectivity index (χ1n) is 11.2. The van der Waals surface area contributed by atoms with Crippen molar-refractivity contribution >= 4 is 45.1 Å². The highest BCUT2D eigenvalue weighted by molar-refractivity contribution is 7.19. The highest BCUT2D eigenvalue weighted by atomic mass is 35.5. The van der Waals surface area contributed by atoms with Gasteiger partial charge in [0.2, 0.25) is 0 Å². The number of anilines is 1. The maximum atomic E-state index is 12.5. The molecule has 176 valence electrons. The van der Waals surface area contributed by atoms with Crippen LogP contribution in [0.15, 0.2) is 36.4 Å². The number of hydrogen-bond acceptors (Lipinski definition) is 6. The molecule has 5 rings (SSSR count). The molecule has 9 heteroatoms. The van der Waals surface area contributed by atoms with Crippen LogP contribution in [0.25, 0.3) is 21.6 Å². The van der Waals surface area contributed by atoms with Crippen molar-refractivity contribution in [2.75, 3.05) is 12.4 Å². The number of hydrogen-bond donors (Lipinski definition) is 1. The number of nitrogens with zero attached hydrogens (tertiary/aromatic N) is 3. The van der Waals surface area contributed by atoms with Crippen LogP contribution in [-0.4, -0.2) is 27.7 Å². The van der Waals surface area contributed by atoms with E-state index in [1.807, 2.05) is 25.1 Å². The topological polar surface area (TPSA) is 78.3 Å². The molecule has 1 aliphatic rings. The van der Waals surface area contributed by atoms with E-state index in [0.717, 1.165) is 46.0 Å². The molecule has 3 heterocycles. The molecule has 1 aliphatic heterocycles. The summed E-state index contributed by atoms with van der Waals surface area (Å²) in [6, 6.07) is 11.5. The van der Waals surface area contributed by atoms with Crippen LogP contribution < -0.4 is 10.1 Å². The number of benzene rings is 2. The quantitative estimate of drug-likeness (QED) is 0.336. The van der Waals surface area contributed by atoms with E-state index in [-0.39, 0.29) is 6.61 Å². The minimum absolute atomic E-state index is 0.166. The maximum Gasteiger partial charge on any atom is 0.412 e. The summed E-state index contributed by atoms with van der Waals surface area (Å²) >= 11 is 7.42. The Hall–Kier alpha value is -3.10. The summed E-state index contributed by atoms with van der Waals surface area (Å²) in [5.41, 5.74) is 4.53. The molecule has 0 unspecified atom stereocenters. The fourth-order valence-corrected chi connectivity index (χ4v) is 5.38. The molecule has 0 saturated carbocycles. The third-order valence-electron chi connectivity index (χ3n) is 5.95. The zero-order chi connectivity index (χ0) is 23.7. The van der Waals surface area contributed by atoms with Gasteiger partial charge < -0.3 is 14.0 Å². The predicted octanol–water partition coefficient (Wildman–Crippen LogP) is 6.61. The standard InChI is InChI=1S/C25H25ClN4O3S/c1-15-23(34-24(27-15)18-9-8-17(26)13-21(18)32-2)29-25(31)33-14-16-7-10-20-19(12-16)28-22-6-4-3-5-11-30(20)22/h7-10,12-13H,3-6,11,14H2,1-2H3,(H,29,31). The Kier molecular flexibility index (Phi) is 6.43. The van der Waals surface area contributed by atoms with Crippen LogP contribution in [-0.2, 0) is 24.3 Å². The van der Waals surface area contributed by atoms with Gasteiger partial charge in [-0.05, 0) is 55.7 Å². The fourth-order valence-electron chi connectivity index (χ4n) is 4.23. The predicted molar refractivity (Wildman–Crippen MR) is 135 cm³/mol. The first-order valence-corrected chi connectivity index (χ1v) is 12.4. The molecule has 1 N–H and O–H groups in total. The molecule has 0 fully saturated rings. The largest absolute Gasteiger partial charge is 0.496 e. The van der Waals surface area contributed by atoms with Crippen LogP contribution >= 0.6 is 22.9 Å². The minimum atomic E-state index is -0.526. The SMILES string of the molecule is COc1cc(Cl)ccc1-c1nc(C)c(NC(=O)OCc2ccc3c(c2)nc2n3CCCCC2)s1. The van der Waals surface area contributed by atoms with Crippen LogP contribution in [0, 0.1) is 6.92 Å². The molecule has 0 saturated heterocycles. The van der Waals surface area contributed by atoms with Gasteiger partial charge in [0.1, 0.15) is 28.2 Å². The number of carbonyl (C=O) groups excluding carboxylic acids is 1. The fraction of sp³-hybridized carbons (Fsp3) is 0.320. The van der Waals surface area contributed by atoms with Crippen molar-refractivity contribution in [2.45, 2.75) is 45.8 Å². The van der Waals surface area contributed by atoms with E-state index in [0.29, 0.717) is 21.5 Å². The lowest BCUT2D eigenvalue weighted by molar-refractivity contribution is 0.155. The van der Waals surface area contributed by atoms with E-state index >= 15 is 0 Å². The molecule has 0 radical (unpaired) electrons. The zero-order valence-electron chi connectivity index (χ0n) is 19.1. The van der Waals surface area contributed by atoms with Gasteiger partial charge in [-0.3, -0.25) is 5.32 Å². The van der Waals surface area contributed by atoms with E-state index in [4.69, 9.17) is 26.1 Å². The first kappa shape index (κ1) is 22.7. The van der Waals surface area contributed by atoms with Gasteiger partial charge in [-0.1, -0.05) is 35.4 Å². The first-order chi connectivity index (χ1) is 16.5. The van der Waals surface area contributed by atoms with Crippen molar-refractivity contribution in [3.63, 3.8) is 0 Å². The molecule has 2 aromatic heterocycles. The molecule has 1 amide bonds. The van der Waals surface area contributed by atoms with Crippen molar-refractivity contribution in [1.82, 2.24) is 14.5 Å². The summed E-state index contributed by atoms with van der Waals surface area (Å²) in [5, 5.41) is 4.75. The number of halogens is 1. The highest BCUT2D eigenvalue weighted by Gasteiger charge is 2.17. The number of aryl methyl sites for hydroxylation is 3. The van der Waals surface area contributed by atoms with Crippen molar-refractivity contribution in [3.05, 3.63) is 58.5 Å². The van der Waals surface area contributed by atoms with Crippen molar-refractivity contribution in [2.24, 2.45) is 0 Å². The van der Waals surface area contributed by atoms with Crippen LogP contribution in [0.5, 0.6) is 5.75 Å². The summed E-state index contributed by atoms with van der Waals surface area (Å²) < 4.78 is 13.2. The Bertz CT molecular complexity index is 1360. The third kappa shape index (κ3) is 4.60. The van der Waals surface area contributed by atoms with E-state index < -0.39 is 6.09 Å². The van der Waals surface area contributed by atoms with Crippen LogP contribution in [0.1, 0.15) is 36.3 Å². The number of imidazole rings is 1. The minimum Gasteiger partial charge on any atom is -0.496 e. The molecule has 7 nitrogen and oxygen atoms in total. The Balaban J connectivity index is 1.26. The Morgan fingerprint density at radius 2 is 2.06 bits per heavy atom. The molecule has 2 aromatic carbocycles. The van der Waals surface area contributed by atoms with Gasteiger partial charge in [0.25, 0.3) is 0 Å². The van der Waals surface area contributed by atoms with Gasteiger partial charge in [-0.25, -0.2) is 14.8 Å². The number of thiazole rings is 1. The smallest absolute Gasteiger partial charge is 0.412 e. The summed E-state index contributed by atoms with van der Waals surface area (Å²) in [6.07, 6.45) is 4.11. The van der Waals surface area contributed by atoms with Gasteiger partial charge >= 0.3 is 6.09 Å². The second-order valence-corrected chi connectivity index (χ2v) is 9.73. The zero-order valence-corrected chi connectivity index (χ0v) is 20.6. The Morgan fingerprint density at radius 1 is 1.18 bits per heavy atom. The summed E-state index contributed by atoms with van der Waals surface area (Å²) in [4.78, 5) is 21.9. The number of nitrogens with one attached hydrogen (secondary N) is 1. The van der Waals surface area contributed by atoms with Crippen molar-refractivity contribution in [3.8, 4) is 16.3 Å². The number of ether oxygens (including phenoxy) is 2. The van der Waals surface area contributed by atoms with Gasteiger partial charge in [0.05, 0.1) is 29.4 Å². The van der Waals surface area contributed by atoms with Gasteiger partial charge in [-0.2, -0.15) is 0 Å². The van der Waals surface area contributed by atoms with Crippen molar-refractivity contribution < 1.29 is 14.3 Å². The van der Waals surface area contributed by atoms with Gasteiger partial charge in [0, 0.05) is 18.0 Å². The monoisotopic (exact) mass is 496 g/mol. The highest BCUT2D eigenvalue weighted by Crippen LogP contribution is 2.38. The Labute approximate surface area is 206 Å². The average Bonchev–Trinajstić information content (AvgIpc) is 3.27. The molecule has 0 aliphatic carbocycles. The van der Waals surface area contributed by atoms with Crippen LogP contribution in [0.2, 0.25) is 5.02 Å². The molecular weight excluding hydrogens is 472 g/mol. The lowest BCUT2D eigenvalue weighted by Gasteiger charge is -2.07. The number of amides is 1. The molecule has 0 bridgehead atoms. The normalized spacial score (nSPS) is 13.4. The Morgan fingerprint density at radius 3 is 2.91 bits per heavy atom. The summed E-state index contributed by atoms with van der Waals surface area (Å²) in [7, 11) is 1.59. The molecule has 0 atom stereocenters. The number of rotatable bonds is 5. The number of aromatic nitrogens is 3. The molecule has 0 spiro atoms. The van der Waals surface area contributed by atoms with Crippen molar-refractivity contribution in [1.29, 1.82) is 0 Å². The van der Waals surface area contributed by atoms with E-state index in [9.17, 15) is 4.79 Å². The number of fused-ring (bicyclic) bond motifs is 3. The van der Waals surface area contributed by atoms with Crippen LogP contribution in [0.4, 0.5) is 9.80 Å². The van der Waals surface area contributed by atoms with Gasteiger partial charge in [-0.15, -0.1) is 0 Å².